The second kappa shape index (κ2) is 7.64. The summed E-state index contributed by atoms with van der Waals surface area (Å²) in [6, 6.07) is 7.72. The van der Waals surface area contributed by atoms with Crippen molar-refractivity contribution in [2.45, 2.75) is 25.9 Å². The number of benzene rings is 1. The van der Waals surface area contributed by atoms with Gasteiger partial charge in [-0.1, -0.05) is 22.0 Å². The Morgan fingerprint density at radius 2 is 2.25 bits per heavy atom. The molecule has 2 N–H and O–H groups in total. The van der Waals surface area contributed by atoms with Gasteiger partial charge in [0.15, 0.2) is 0 Å². The number of ether oxygens (including phenoxy) is 1. The van der Waals surface area contributed by atoms with Crippen LogP contribution in [0.2, 0.25) is 0 Å². The normalized spacial score (nSPS) is 17.5. The highest BCUT2D eigenvalue weighted by atomic mass is 79.9. The maximum absolute atomic E-state index is 12.0. The molecule has 110 valence electrons. The highest BCUT2D eigenvalue weighted by Crippen LogP contribution is 2.18. The Bertz CT molecular complexity index is 447. The van der Waals surface area contributed by atoms with Crippen LogP contribution >= 0.6 is 15.9 Å². The van der Waals surface area contributed by atoms with E-state index in [4.69, 9.17) is 4.74 Å². The summed E-state index contributed by atoms with van der Waals surface area (Å²) in [5.41, 5.74) is 0. The molecule has 0 spiro atoms. The molecule has 1 unspecified atom stereocenters. The first kappa shape index (κ1) is 15.3. The number of rotatable bonds is 5. The molecule has 0 radical (unpaired) electrons. The Hall–Kier alpha value is -1.07. The average molecular weight is 341 g/mol. The van der Waals surface area contributed by atoms with E-state index >= 15 is 0 Å². The van der Waals surface area contributed by atoms with Gasteiger partial charge in [0.2, 0.25) is 5.91 Å². The van der Waals surface area contributed by atoms with Crippen molar-refractivity contribution in [3.63, 3.8) is 0 Å². The van der Waals surface area contributed by atoms with Crippen LogP contribution in [0.15, 0.2) is 28.7 Å². The van der Waals surface area contributed by atoms with Crippen LogP contribution in [0.5, 0.6) is 5.75 Å². The fourth-order valence-electron chi connectivity index (χ4n) is 2.29. The molecule has 4 nitrogen and oxygen atoms in total. The Labute approximate surface area is 128 Å². The quantitative estimate of drug-likeness (QED) is 0.864. The van der Waals surface area contributed by atoms with Gasteiger partial charge in [-0.05, 0) is 51.1 Å². The van der Waals surface area contributed by atoms with Crippen molar-refractivity contribution < 1.29 is 9.53 Å². The number of piperidine rings is 1. The molecular weight excluding hydrogens is 320 g/mol. The first-order valence-electron chi connectivity index (χ1n) is 7.06. The third-order valence-corrected chi connectivity index (χ3v) is 3.90. The molecule has 1 saturated heterocycles. The van der Waals surface area contributed by atoms with Gasteiger partial charge in [-0.25, -0.2) is 0 Å². The monoisotopic (exact) mass is 340 g/mol. The van der Waals surface area contributed by atoms with Crippen LogP contribution in [0.25, 0.3) is 0 Å². The van der Waals surface area contributed by atoms with Gasteiger partial charge >= 0.3 is 0 Å². The van der Waals surface area contributed by atoms with Crippen LogP contribution in [-0.4, -0.2) is 31.6 Å². The van der Waals surface area contributed by atoms with Crippen LogP contribution in [0.4, 0.5) is 0 Å². The molecule has 1 heterocycles. The van der Waals surface area contributed by atoms with Crippen LogP contribution < -0.4 is 15.4 Å². The highest BCUT2D eigenvalue weighted by Gasteiger charge is 2.21. The van der Waals surface area contributed by atoms with Gasteiger partial charge in [-0.2, -0.15) is 0 Å². The lowest BCUT2D eigenvalue weighted by atomic mass is 9.97. The van der Waals surface area contributed by atoms with Crippen LogP contribution in [0.3, 0.4) is 0 Å². The maximum atomic E-state index is 12.0. The standard InChI is InChI=1S/C15H21BrN2O2/c1-11(20-14-4-2-3-13(16)9-14)10-18-15(19)12-5-7-17-8-6-12/h2-4,9,11-12,17H,5-8,10H2,1H3,(H,18,19). The van der Waals surface area contributed by atoms with Crippen LogP contribution in [0, 0.1) is 5.92 Å². The van der Waals surface area contributed by atoms with E-state index in [9.17, 15) is 4.79 Å². The summed E-state index contributed by atoms with van der Waals surface area (Å²) < 4.78 is 6.76. The number of halogens is 1. The van der Waals surface area contributed by atoms with Crippen molar-refractivity contribution in [1.82, 2.24) is 10.6 Å². The smallest absolute Gasteiger partial charge is 0.223 e. The van der Waals surface area contributed by atoms with Crippen molar-refractivity contribution in [1.29, 1.82) is 0 Å². The lowest BCUT2D eigenvalue weighted by Gasteiger charge is -2.23. The molecule has 20 heavy (non-hydrogen) atoms. The topological polar surface area (TPSA) is 50.4 Å². The van der Waals surface area contributed by atoms with E-state index in [2.05, 4.69) is 26.6 Å². The van der Waals surface area contributed by atoms with Crippen molar-refractivity contribution in [2.75, 3.05) is 19.6 Å². The fourth-order valence-corrected chi connectivity index (χ4v) is 2.67. The number of hydrogen-bond acceptors (Lipinski definition) is 3. The van der Waals surface area contributed by atoms with E-state index in [0.717, 1.165) is 36.2 Å². The summed E-state index contributed by atoms with van der Waals surface area (Å²) in [6.07, 6.45) is 1.80. The number of carbonyl (C=O) groups is 1. The predicted octanol–water partition coefficient (Wildman–Crippen LogP) is 2.33. The molecular formula is C15H21BrN2O2. The molecule has 0 aliphatic carbocycles. The van der Waals surface area contributed by atoms with Crippen molar-refractivity contribution in [3.05, 3.63) is 28.7 Å². The van der Waals surface area contributed by atoms with Gasteiger partial charge in [-0.3, -0.25) is 4.79 Å². The van der Waals surface area contributed by atoms with Gasteiger partial charge in [0.1, 0.15) is 11.9 Å². The minimum absolute atomic E-state index is 0.0463. The Balaban J connectivity index is 1.74. The average Bonchev–Trinajstić information content (AvgIpc) is 2.46. The van der Waals surface area contributed by atoms with E-state index in [-0.39, 0.29) is 17.9 Å². The van der Waals surface area contributed by atoms with Crippen LogP contribution in [0.1, 0.15) is 19.8 Å². The molecule has 1 aromatic carbocycles. The second-order valence-electron chi connectivity index (χ2n) is 5.16. The van der Waals surface area contributed by atoms with Gasteiger partial charge < -0.3 is 15.4 Å². The fraction of sp³-hybridized carbons (Fsp3) is 0.533. The van der Waals surface area contributed by atoms with E-state index in [1.165, 1.54) is 0 Å². The van der Waals surface area contributed by atoms with Gasteiger partial charge in [0.25, 0.3) is 0 Å². The summed E-state index contributed by atoms with van der Waals surface area (Å²) in [6.45, 7) is 4.36. The molecule has 0 aromatic heterocycles. The zero-order chi connectivity index (χ0) is 14.4. The molecule has 2 rings (SSSR count). The molecule has 0 saturated carbocycles. The minimum atomic E-state index is -0.0463. The molecule has 1 amide bonds. The number of hydrogen-bond donors (Lipinski definition) is 2. The Kier molecular flexibility index (Phi) is 5.86. The molecule has 0 bridgehead atoms. The van der Waals surface area contributed by atoms with Crippen molar-refractivity contribution in [2.24, 2.45) is 5.92 Å². The number of carbonyl (C=O) groups excluding carboxylic acids is 1. The lowest BCUT2D eigenvalue weighted by molar-refractivity contribution is -0.126. The molecule has 1 fully saturated rings. The van der Waals surface area contributed by atoms with Gasteiger partial charge in [0.05, 0.1) is 6.54 Å². The molecule has 1 aromatic rings. The van der Waals surface area contributed by atoms with E-state index in [1.54, 1.807) is 0 Å². The van der Waals surface area contributed by atoms with Gasteiger partial charge in [-0.15, -0.1) is 0 Å². The Morgan fingerprint density at radius 1 is 1.50 bits per heavy atom. The summed E-state index contributed by atoms with van der Waals surface area (Å²) >= 11 is 3.41. The van der Waals surface area contributed by atoms with Crippen LogP contribution in [-0.2, 0) is 4.79 Å². The highest BCUT2D eigenvalue weighted by molar-refractivity contribution is 9.10. The zero-order valence-corrected chi connectivity index (χ0v) is 13.3. The van der Waals surface area contributed by atoms with E-state index in [0.29, 0.717) is 6.54 Å². The SMILES string of the molecule is CC(CNC(=O)C1CCNCC1)Oc1cccc(Br)c1. The molecule has 1 aliphatic rings. The van der Waals surface area contributed by atoms with E-state index in [1.807, 2.05) is 31.2 Å². The van der Waals surface area contributed by atoms with Crippen molar-refractivity contribution in [3.8, 4) is 5.75 Å². The summed E-state index contributed by atoms with van der Waals surface area (Å²) in [4.78, 5) is 12.0. The lowest BCUT2D eigenvalue weighted by Crippen LogP contribution is -2.41. The maximum Gasteiger partial charge on any atom is 0.223 e. The summed E-state index contributed by atoms with van der Waals surface area (Å²) in [7, 11) is 0. The Morgan fingerprint density at radius 3 is 2.95 bits per heavy atom. The van der Waals surface area contributed by atoms with Crippen molar-refractivity contribution >= 4 is 21.8 Å². The molecule has 1 atom stereocenters. The number of nitrogens with one attached hydrogen (secondary N) is 2. The third kappa shape index (κ3) is 4.80. The zero-order valence-electron chi connectivity index (χ0n) is 11.7. The third-order valence-electron chi connectivity index (χ3n) is 3.41. The first-order chi connectivity index (χ1) is 9.65. The first-order valence-corrected chi connectivity index (χ1v) is 7.85. The summed E-state index contributed by atoms with van der Waals surface area (Å²) in [5.74, 6) is 1.11. The predicted molar refractivity (Wildman–Crippen MR) is 82.8 cm³/mol. The number of amides is 1. The largest absolute Gasteiger partial charge is 0.489 e. The molecule has 5 heteroatoms. The molecule has 1 aliphatic heterocycles. The second-order valence-corrected chi connectivity index (χ2v) is 6.07. The minimum Gasteiger partial charge on any atom is -0.489 e. The summed E-state index contributed by atoms with van der Waals surface area (Å²) in [5, 5.41) is 6.25. The van der Waals surface area contributed by atoms with E-state index < -0.39 is 0 Å². The van der Waals surface area contributed by atoms with Gasteiger partial charge in [0, 0.05) is 10.4 Å².